The maximum atomic E-state index is 11.3. The Balaban J connectivity index is 4.16. The minimum atomic E-state index is -1.18. The van der Waals surface area contributed by atoms with E-state index in [0.29, 0.717) is 0 Å². The summed E-state index contributed by atoms with van der Waals surface area (Å²) in [5.41, 5.74) is 11.8. The third-order valence-electron chi connectivity index (χ3n) is 1.71. The van der Waals surface area contributed by atoms with Crippen molar-refractivity contribution in [2.45, 2.75) is 17.7 Å². The van der Waals surface area contributed by atoms with Crippen LogP contribution in [-0.4, -0.2) is 46.1 Å². The number of aliphatic carboxylic acids is 1. The lowest BCUT2D eigenvalue weighted by Crippen LogP contribution is -2.33. The largest absolute Gasteiger partial charge is 0.480 e. The highest BCUT2D eigenvalue weighted by Gasteiger charge is 2.17. The maximum Gasteiger partial charge on any atom is 0.332 e. The lowest BCUT2D eigenvalue weighted by atomic mass is 10.2. The number of Topliss-reactive ketones (excluding diaryl/α,β-unsaturated/α-hetero) is 1. The number of nitrogens with one attached hydrogen (secondary N) is 1. The fourth-order valence-corrected chi connectivity index (χ4v) is 1.78. The number of rotatable bonds is 8. The molecule has 0 aliphatic heterocycles. The van der Waals surface area contributed by atoms with Crippen molar-refractivity contribution in [2.75, 3.05) is 5.75 Å². The van der Waals surface area contributed by atoms with Crippen molar-refractivity contribution in [2.24, 2.45) is 16.6 Å². The molecule has 104 valence electrons. The van der Waals surface area contributed by atoms with Gasteiger partial charge < -0.3 is 16.6 Å². The normalized spacial score (nSPS) is 13.5. The Bertz CT molecular complexity index is 419. The van der Waals surface area contributed by atoms with Gasteiger partial charge in [-0.1, -0.05) is 0 Å². The second-order valence-corrected chi connectivity index (χ2v) is 4.54. The zero-order chi connectivity index (χ0) is 14.8. The summed E-state index contributed by atoms with van der Waals surface area (Å²) in [5, 5.41) is 19.9. The van der Waals surface area contributed by atoms with Gasteiger partial charge in [0.2, 0.25) is 0 Å². The lowest BCUT2D eigenvalue weighted by Gasteiger charge is -2.09. The van der Waals surface area contributed by atoms with E-state index in [0.717, 1.165) is 18.0 Å². The number of hydrazone groups is 1. The van der Waals surface area contributed by atoms with Gasteiger partial charge in [-0.05, 0) is 0 Å². The summed E-state index contributed by atoms with van der Waals surface area (Å²) in [4.78, 5) is 32.0. The van der Waals surface area contributed by atoms with Gasteiger partial charge in [-0.3, -0.25) is 9.59 Å². The highest BCUT2D eigenvalue weighted by atomic mass is 32.2. The number of nitrogens with two attached hydrogens (primary N) is 2. The van der Waals surface area contributed by atoms with Crippen molar-refractivity contribution in [1.29, 1.82) is 5.26 Å². The smallest absolute Gasteiger partial charge is 0.332 e. The lowest BCUT2D eigenvalue weighted by molar-refractivity contribution is -0.137. The molecule has 0 aliphatic carbocycles. The Morgan fingerprint density at radius 1 is 1.53 bits per heavy atom. The van der Waals surface area contributed by atoms with E-state index in [4.69, 9.17) is 21.8 Å². The molecule has 2 unspecified atom stereocenters. The molecule has 0 radical (unpaired) electrons. The van der Waals surface area contributed by atoms with Gasteiger partial charge in [0, 0.05) is 12.2 Å². The number of hydrogen-bond acceptors (Lipinski definition) is 7. The van der Waals surface area contributed by atoms with Crippen LogP contribution in [0, 0.1) is 11.3 Å². The fourth-order valence-electron chi connectivity index (χ4n) is 0.836. The molecule has 0 spiro atoms. The summed E-state index contributed by atoms with van der Waals surface area (Å²) < 4.78 is 0. The van der Waals surface area contributed by atoms with Gasteiger partial charge in [0.1, 0.15) is 6.04 Å². The van der Waals surface area contributed by atoms with Gasteiger partial charge in [-0.2, -0.15) is 10.4 Å². The molecule has 0 bridgehead atoms. The molecule has 0 aromatic rings. The molecule has 0 aromatic carbocycles. The summed E-state index contributed by atoms with van der Waals surface area (Å²) in [6.45, 7) is 0. The quantitative estimate of drug-likeness (QED) is 0.315. The van der Waals surface area contributed by atoms with E-state index < -0.39 is 29.1 Å². The summed E-state index contributed by atoms with van der Waals surface area (Å²) in [6.07, 6.45) is 0.657. The van der Waals surface area contributed by atoms with Crippen molar-refractivity contribution >= 4 is 35.8 Å². The van der Waals surface area contributed by atoms with Crippen LogP contribution >= 0.6 is 11.8 Å². The van der Waals surface area contributed by atoms with Crippen LogP contribution in [0.15, 0.2) is 5.10 Å². The molecule has 2 amide bonds. The first-order valence-electron chi connectivity index (χ1n) is 4.97. The van der Waals surface area contributed by atoms with Crippen molar-refractivity contribution < 1.29 is 19.5 Å². The van der Waals surface area contributed by atoms with E-state index in [1.54, 1.807) is 0 Å². The first-order chi connectivity index (χ1) is 8.86. The number of urea groups is 1. The van der Waals surface area contributed by atoms with Crippen LogP contribution in [-0.2, 0) is 9.59 Å². The monoisotopic (exact) mass is 287 g/mol. The van der Waals surface area contributed by atoms with Crippen LogP contribution in [0.5, 0.6) is 0 Å². The second-order valence-electron chi connectivity index (χ2n) is 3.30. The molecule has 0 fully saturated rings. The van der Waals surface area contributed by atoms with Gasteiger partial charge >= 0.3 is 12.0 Å². The number of thioether (sulfide) groups is 1. The first kappa shape index (κ1) is 16.9. The second kappa shape index (κ2) is 8.90. The minimum Gasteiger partial charge on any atom is -0.480 e. The first-order valence-corrected chi connectivity index (χ1v) is 6.02. The molecule has 0 rings (SSSR count). The Hall–Kier alpha value is -2.12. The summed E-state index contributed by atoms with van der Waals surface area (Å²) in [5.74, 6) is -1.67. The highest BCUT2D eigenvalue weighted by molar-refractivity contribution is 8.00. The molecule has 9 nitrogen and oxygen atoms in total. The number of nitriles is 1. The Morgan fingerprint density at radius 3 is 2.63 bits per heavy atom. The molecule has 0 aromatic heterocycles. The zero-order valence-electron chi connectivity index (χ0n) is 9.78. The topological polar surface area (TPSA) is 172 Å². The molecular weight excluding hydrogens is 274 g/mol. The van der Waals surface area contributed by atoms with Crippen LogP contribution < -0.4 is 16.9 Å². The Kier molecular flexibility index (Phi) is 7.90. The van der Waals surface area contributed by atoms with E-state index >= 15 is 0 Å². The van der Waals surface area contributed by atoms with E-state index in [9.17, 15) is 14.4 Å². The van der Waals surface area contributed by atoms with Gasteiger partial charge in [0.25, 0.3) is 0 Å². The van der Waals surface area contributed by atoms with Gasteiger partial charge in [0.05, 0.1) is 17.5 Å². The van der Waals surface area contributed by atoms with E-state index in [-0.39, 0.29) is 12.2 Å². The molecule has 0 saturated carbocycles. The van der Waals surface area contributed by atoms with Crippen molar-refractivity contribution in [3.63, 3.8) is 0 Å². The molecule has 0 saturated heterocycles. The summed E-state index contributed by atoms with van der Waals surface area (Å²) >= 11 is 0.965. The molecule has 0 aliphatic rings. The van der Waals surface area contributed by atoms with Crippen LogP contribution in [0.1, 0.15) is 6.42 Å². The van der Waals surface area contributed by atoms with Gasteiger partial charge in [-0.25, -0.2) is 10.2 Å². The third kappa shape index (κ3) is 8.58. The van der Waals surface area contributed by atoms with Gasteiger partial charge in [0.15, 0.2) is 5.78 Å². The number of carboxylic acid groups (broad SMARTS) is 1. The number of amides is 2. The van der Waals surface area contributed by atoms with Crippen molar-refractivity contribution in [1.82, 2.24) is 5.43 Å². The van der Waals surface area contributed by atoms with E-state index in [1.807, 2.05) is 11.5 Å². The van der Waals surface area contributed by atoms with E-state index in [1.165, 1.54) is 0 Å². The SMILES string of the molecule is N#CC(CC(=O)/C=N/NC(N)=O)SCC(N)C(=O)O. The van der Waals surface area contributed by atoms with Crippen molar-refractivity contribution in [3.8, 4) is 6.07 Å². The number of carboxylic acids is 1. The van der Waals surface area contributed by atoms with Crippen molar-refractivity contribution in [3.05, 3.63) is 0 Å². The highest BCUT2D eigenvalue weighted by Crippen LogP contribution is 2.14. The predicted octanol–water partition coefficient (Wildman–Crippen LogP) is -1.36. The van der Waals surface area contributed by atoms with Crippen LogP contribution in [0.25, 0.3) is 0 Å². The Morgan fingerprint density at radius 2 is 2.16 bits per heavy atom. The zero-order valence-corrected chi connectivity index (χ0v) is 10.6. The molecular formula is C9H13N5O4S. The number of carbonyl (C=O) groups excluding carboxylic acids is 2. The van der Waals surface area contributed by atoms with E-state index in [2.05, 4.69) is 5.10 Å². The number of primary amides is 1. The fraction of sp³-hybridized carbons (Fsp3) is 0.444. The van der Waals surface area contributed by atoms with Gasteiger partial charge in [-0.15, -0.1) is 11.8 Å². The van der Waals surface area contributed by atoms with Crippen LogP contribution in [0.3, 0.4) is 0 Å². The molecule has 0 heterocycles. The molecule has 6 N–H and O–H groups in total. The van der Waals surface area contributed by atoms with Crippen LogP contribution in [0.4, 0.5) is 4.79 Å². The molecule has 19 heavy (non-hydrogen) atoms. The summed E-state index contributed by atoms with van der Waals surface area (Å²) in [7, 11) is 0. The number of ketones is 1. The average Bonchev–Trinajstić information content (AvgIpc) is 2.33. The standard InChI is InChI=1S/C9H13N5O4S/c10-2-6(19-4-7(11)8(16)17)1-5(15)3-13-14-9(12)18/h3,6-7H,1,4,11H2,(H,16,17)(H3,12,14,18)/b13-3+. The summed E-state index contributed by atoms with van der Waals surface area (Å²) in [6, 6.07) is -0.164. The maximum absolute atomic E-state index is 11.3. The minimum absolute atomic E-state index is 0.0114. The number of nitrogens with zero attached hydrogens (tertiary/aromatic N) is 2. The Labute approximate surface area is 113 Å². The van der Waals surface area contributed by atoms with Crippen LogP contribution in [0.2, 0.25) is 0 Å². The third-order valence-corrected chi connectivity index (χ3v) is 2.93. The predicted molar refractivity (Wildman–Crippen MR) is 68.3 cm³/mol. The molecule has 2 atom stereocenters. The number of hydrogen-bond donors (Lipinski definition) is 4. The number of carbonyl (C=O) groups is 3. The average molecular weight is 287 g/mol. The molecule has 10 heteroatoms.